The number of aromatic nitrogens is 2. The molecule has 8 heteroatoms. The average Bonchev–Trinajstić information content (AvgIpc) is 3.29. The number of para-hydroxylation sites is 1. The van der Waals surface area contributed by atoms with Crippen molar-refractivity contribution < 1.29 is 9.32 Å². The summed E-state index contributed by atoms with van der Waals surface area (Å²) in [7, 11) is 0. The van der Waals surface area contributed by atoms with Crippen molar-refractivity contribution in [1.29, 1.82) is 0 Å². The molecule has 0 bridgehead atoms. The lowest BCUT2D eigenvalue weighted by molar-refractivity contribution is -0.120. The number of rotatable bonds is 5. The molecule has 2 aromatic carbocycles. The predicted molar refractivity (Wildman–Crippen MR) is 124 cm³/mol. The Morgan fingerprint density at radius 3 is 2.53 bits per heavy atom. The van der Waals surface area contributed by atoms with Crippen molar-refractivity contribution in [1.82, 2.24) is 19.9 Å². The fraction of sp³-hybridized carbons (Fsp3) is 0.375. The summed E-state index contributed by atoms with van der Waals surface area (Å²) in [5, 5.41) is 4.77. The van der Waals surface area contributed by atoms with Crippen LogP contribution in [0.2, 0.25) is 5.02 Å². The van der Waals surface area contributed by atoms with E-state index in [2.05, 4.69) is 32.1 Å². The van der Waals surface area contributed by atoms with Gasteiger partial charge in [0.05, 0.1) is 13.1 Å². The summed E-state index contributed by atoms with van der Waals surface area (Å²) in [6.45, 7) is 5.30. The Balaban J connectivity index is 1.13. The molecular formula is C24H26ClN5O2. The fourth-order valence-electron chi connectivity index (χ4n) is 4.40. The first-order valence-electron chi connectivity index (χ1n) is 11.1. The molecule has 0 atom stereocenters. The van der Waals surface area contributed by atoms with E-state index in [-0.39, 0.29) is 5.91 Å². The Hall–Kier alpha value is -2.74. The summed E-state index contributed by atoms with van der Waals surface area (Å²) in [4.78, 5) is 24.0. The molecule has 166 valence electrons. The van der Waals surface area contributed by atoms with Gasteiger partial charge in [0.1, 0.15) is 0 Å². The van der Waals surface area contributed by atoms with Gasteiger partial charge in [0.15, 0.2) is 0 Å². The minimum atomic E-state index is 0.190. The standard InChI is InChI=1S/C24H26ClN5O2/c25-20-9-7-19(8-10-20)24-26-22(32-27-24)16-28-12-14-29(15-13-28)17-23(31)30-11-3-5-18-4-1-2-6-21(18)30/h1-2,4,6-10H,3,5,11-17H2. The number of aryl methyl sites for hydroxylation is 1. The van der Waals surface area contributed by atoms with E-state index in [1.165, 1.54) is 5.56 Å². The molecule has 1 saturated heterocycles. The molecule has 3 heterocycles. The normalized spacial score (nSPS) is 17.3. The van der Waals surface area contributed by atoms with Crippen LogP contribution in [0.5, 0.6) is 0 Å². The van der Waals surface area contributed by atoms with E-state index < -0.39 is 0 Å². The Kier molecular flexibility index (Phi) is 6.21. The largest absolute Gasteiger partial charge is 0.338 e. The summed E-state index contributed by atoms with van der Waals surface area (Å²) in [6, 6.07) is 15.6. The lowest BCUT2D eigenvalue weighted by Crippen LogP contribution is -2.50. The van der Waals surface area contributed by atoms with Crippen LogP contribution in [0.15, 0.2) is 53.1 Å². The zero-order chi connectivity index (χ0) is 21.9. The van der Waals surface area contributed by atoms with E-state index in [4.69, 9.17) is 16.1 Å². The minimum absolute atomic E-state index is 0.190. The molecule has 2 aliphatic heterocycles. The molecule has 1 amide bonds. The van der Waals surface area contributed by atoms with Gasteiger partial charge in [-0.05, 0) is 48.7 Å². The quantitative estimate of drug-likeness (QED) is 0.591. The third-order valence-electron chi connectivity index (χ3n) is 6.16. The van der Waals surface area contributed by atoms with Crippen LogP contribution < -0.4 is 4.90 Å². The van der Waals surface area contributed by atoms with Crippen molar-refractivity contribution in [2.24, 2.45) is 0 Å². The first kappa shape index (κ1) is 21.1. The van der Waals surface area contributed by atoms with Gasteiger partial charge in [-0.25, -0.2) is 0 Å². The summed E-state index contributed by atoms with van der Waals surface area (Å²) >= 11 is 5.94. The van der Waals surface area contributed by atoms with E-state index in [1.54, 1.807) is 0 Å². The topological polar surface area (TPSA) is 65.7 Å². The van der Waals surface area contributed by atoms with Gasteiger partial charge in [-0.15, -0.1) is 0 Å². The fourth-order valence-corrected chi connectivity index (χ4v) is 4.53. The molecule has 7 nitrogen and oxygen atoms in total. The van der Waals surface area contributed by atoms with Crippen molar-refractivity contribution in [3.8, 4) is 11.4 Å². The first-order valence-corrected chi connectivity index (χ1v) is 11.4. The van der Waals surface area contributed by atoms with Crippen LogP contribution in [-0.2, 0) is 17.8 Å². The summed E-state index contributed by atoms with van der Waals surface area (Å²) in [6.07, 6.45) is 2.08. The van der Waals surface area contributed by atoms with Crippen LogP contribution in [0, 0.1) is 0 Å². The molecule has 5 rings (SSSR count). The molecule has 0 spiro atoms. The number of nitrogens with zero attached hydrogens (tertiary/aromatic N) is 5. The molecule has 2 aliphatic rings. The smallest absolute Gasteiger partial charge is 0.241 e. The number of anilines is 1. The number of fused-ring (bicyclic) bond motifs is 1. The van der Waals surface area contributed by atoms with Crippen molar-refractivity contribution in [2.75, 3.05) is 44.2 Å². The molecule has 3 aromatic rings. The second-order valence-electron chi connectivity index (χ2n) is 8.35. The van der Waals surface area contributed by atoms with E-state index in [0.717, 1.165) is 56.8 Å². The lowest BCUT2D eigenvalue weighted by atomic mass is 10.0. The monoisotopic (exact) mass is 451 g/mol. The maximum absolute atomic E-state index is 13.0. The van der Waals surface area contributed by atoms with Gasteiger partial charge in [-0.1, -0.05) is 35.0 Å². The molecular weight excluding hydrogens is 426 g/mol. The van der Waals surface area contributed by atoms with E-state index in [9.17, 15) is 4.79 Å². The van der Waals surface area contributed by atoms with Crippen LogP contribution >= 0.6 is 11.6 Å². The third-order valence-corrected chi connectivity index (χ3v) is 6.42. The zero-order valence-corrected chi connectivity index (χ0v) is 18.7. The number of carbonyl (C=O) groups is 1. The van der Waals surface area contributed by atoms with Gasteiger partial charge in [0, 0.05) is 49.0 Å². The van der Waals surface area contributed by atoms with Gasteiger partial charge in [0.2, 0.25) is 17.6 Å². The maximum atomic E-state index is 13.0. The maximum Gasteiger partial charge on any atom is 0.241 e. The summed E-state index contributed by atoms with van der Waals surface area (Å²) < 4.78 is 5.45. The van der Waals surface area contributed by atoms with Gasteiger partial charge in [-0.2, -0.15) is 4.98 Å². The van der Waals surface area contributed by atoms with Crippen molar-refractivity contribution >= 4 is 23.2 Å². The molecule has 0 saturated carbocycles. The highest BCUT2D eigenvalue weighted by molar-refractivity contribution is 6.30. The van der Waals surface area contributed by atoms with Crippen LogP contribution in [0.3, 0.4) is 0 Å². The molecule has 0 unspecified atom stereocenters. The lowest BCUT2D eigenvalue weighted by Gasteiger charge is -2.36. The van der Waals surface area contributed by atoms with Crippen molar-refractivity contribution in [2.45, 2.75) is 19.4 Å². The number of hydrogen-bond donors (Lipinski definition) is 0. The average molecular weight is 452 g/mol. The molecule has 0 radical (unpaired) electrons. The number of benzene rings is 2. The van der Waals surface area contributed by atoms with E-state index in [1.807, 2.05) is 41.3 Å². The van der Waals surface area contributed by atoms with E-state index >= 15 is 0 Å². The highest BCUT2D eigenvalue weighted by atomic mass is 35.5. The van der Waals surface area contributed by atoms with Gasteiger partial charge in [0.25, 0.3) is 0 Å². The number of amides is 1. The molecule has 0 N–H and O–H groups in total. The highest BCUT2D eigenvalue weighted by Crippen LogP contribution is 2.27. The van der Waals surface area contributed by atoms with Crippen molar-refractivity contribution in [3.63, 3.8) is 0 Å². The third kappa shape index (κ3) is 4.70. The number of hydrogen-bond acceptors (Lipinski definition) is 6. The minimum Gasteiger partial charge on any atom is -0.338 e. The highest BCUT2D eigenvalue weighted by Gasteiger charge is 2.26. The molecule has 1 aromatic heterocycles. The number of piperazine rings is 1. The Morgan fingerprint density at radius 1 is 0.969 bits per heavy atom. The number of halogens is 1. The summed E-state index contributed by atoms with van der Waals surface area (Å²) in [5.41, 5.74) is 3.23. The predicted octanol–water partition coefficient (Wildman–Crippen LogP) is 3.49. The van der Waals surface area contributed by atoms with E-state index in [0.29, 0.717) is 29.8 Å². The van der Waals surface area contributed by atoms with Crippen LogP contribution in [-0.4, -0.2) is 65.1 Å². The summed E-state index contributed by atoms with van der Waals surface area (Å²) in [5.74, 6) is 1.36. The Bertz CT molecular complexity index is 1080. The second kappa shape index (κ2) is 9.40. The second-order valence-corrected chi connectivity index (χ2v) is 8.78. The van der Waals surface area contributed by atoms with Gasteiger partial charge in [-0.3, -0.25) is 14.6 Å². The van der Waals surface area contributed by atoms with Gasteiger partial charge < -0.3 is 9.42 Å². The van der Waals surface area contributed by atoms with Crippen LogP contribution in [0.4, 0.5) is 5.69 Å². The molecule has 1 fully saturated rings. The zero-order valence-electron chi connectivity index (χ0n) is 17.9. The Labute approximate surface area is 192 Å². The van der Waals surface area contributed by atoms with Crippen LogP contribution in [0.1, 0.15) is 17.9 Å². The Morgan fingerprint density at radius 2 is 1.72 bits per heavy atom. The molecule has 32 heavy (non-hydrogen) atoms. The van der Waals surface area contributed by atoms with Gasteiger partial charge >= 0.3 is 0 Å². The number of carbonyl (C=O) groups excluding carboxylic acids is 1. The molecule has 0 aliphatic carbocycles. The first-order chi connectivity index (χ1) is 15.7. The van der Waals surface area contributed by atoms with Crippen LogP contribution in [0.25, 0.3) is 11.4 Å². The SMILES string of the molecule is O=C(CN1CCN(Cc2nc(-c3ccc(Cl)cc3)no2)CC1)N1CCCc2ccccc21. The van der Waals surface area contributed by atoms with Crippen molar-refractivity contribution in [3.05, 3.63) is 65.0 Å².